The smallest absolute Gasteiger partial charge is 0.119 e. The van der Waals surface area contributed by atoms with Crippen LogP contribution in [0.4, 0.5) is 5.69 Å². The maximum absolute atomic E-state index is 6.10. The van der Waals surface area contributed by atoms with Crippen molar-refractivity contribution in [3.63, 3.8) is 0 Å². The van der Waals surface area contributed by atoms with Gasteiger partial charge in [-0.15, -0.1) is 0 Å². The number of hydrogen-bond donors (Lipinski definition) is 1. The van der Waals surface area contributed by atoms with Gasteiger partial charge in [0.05, 0.1) is 13.3 Å². The van der Waals surface area contributed by atoms with Crippen molar-refractivity contribution in [1.29, 1.82) is 0 Å². The number of fused-ring (bicyclic) bond motifs is 3. The molecule has 2 unspecified atom stereocenters. The molecule has 15 heavy (non-hydrogen) atoms. The highest BCUT2D eigenvalue weighted by atomic mass is 16.5. The number of hydrogen-bond acceptors (Lipinski definition) is 3. The molecule has 80 valence electrons. The quantitative estimate of drug-likeness (QED) is 0.753. The Kier molecular flexibility index (Phi) is 1.89. The summed E-state index contributed by atoms with van der Waals surface area (Å²) in [5, 5.41) is 0. The van der Waals surface area contributed by atoms with E-state index in [1.807, 2.05) is 6.07 Å². The summed E-state index contributed by atoms with van der Waals surface area (Å²) >= 11 is 0. The standard InChI is InChI=1S/C12H16N2O/c1-15-10-3-4-11-8(7-10)6-9-2-5-12(13)14(9)11/h3-4,7,9,12H,2,5-6,13H2,1H3. The molecule has 0 aromatic heterocycles. The summed E-state index contributed by atoms with van der Waals surface area (Å²) in [7, 11) is 1.71. The minimum absolute atomic E-state index is 0.213. The predicted molar refractivity (Wildman–Crippen MR) is 60.2 cm³/mol. The summed E-state index contributed by atoms with van der Waals surface area (Å²) in [5.74, 6) is 0.948. The lowest BCUT2D eigenvalue weighted by atomic mass is 10.1. The van der Waals surface area contributed by atoms with Gasteiger partial charge in [-0.1, -0.05) is 0 Å². The molecule has 0 radical (unpaired) electrons. The molecule has 1 fully saturated rings. The van der Waals surface area contributed by atoms with Crippen molar-refractivity contribution in [2.45, 2.75) is 31.5 Å². The Bertz CT molecular complexity index is 391. The van der Waals surface area contributed by atoms with E-state index in [1.165, 1.54) is 17.7 Å². The van der Waals surface area contributed by atoms with Crippen LogP contribution in [0.5, 0.6) is 5.75 Å². The number of benzene rings is 1. The Morgan fingerprint density at radius 3 is 3.07 bits per heavy atom. The maximum atomic E-state index is 6.10. The second-order valence-electron chi connectivity index (χ2n) is 4.40. The monoisotopic (exact) mass is 204 g/mol. The number of ether oxygens (including phenoxy) is 1. The van der Waals surface area contributed by atoms with E-state index in [0.29, 0.717) is 6.04 Å². The Balaban J connectivity index is 2.01. The van der Waals surface area contributed by atoms with Crippen LogP contribution in [0.15, 0.2) is 18.2 Å². The van der Waals surface area contributed by atoms with Crippen LogP contribution < -0.4 is 15.4 Å². The first-order chi connectivity index (χ1) is 7.29. The SMILES string of the molecule is COc1ccc2c(c1)CC1CCC(N)N21. The third-order valence-corrected chi connectivity index (χ3v) is 3.57. The summed E-state index contributed by atoms with van der Waals surface area (Å²) < 4.78 is 5.24. The molecule has 3 heteroatoms. The molecule has 3 nitrogen and oxygen atoms in total. The van der Waals surface area contributed by atoms with Crippen molar-refractivity contribution in [3.05, 3.63) is 23.8 Å². The van der Waals surface area contributed by atoms with E-state index >= 15 is 0 Å². The minimum atomic E-state index is 0.213. The van der Waals surface area contributed by atoms with Crippen molar-refractivity contribution >= 4 is 5.69 Å². The number of nitrogens with two attached hydrogens (primary N) is 1. The summed E-state index contributed by atoms with van der Waals surface area (Å²) in [5.41, 5.74) is 8.79. The molecule has 0 spiro atoms. The van der Waals surface area contributed by atoms with E-state index in [4.69, 9.17) is 10.5 Å². The van der Waals surface area contributed by atoms with E-state index in [-0.39, 0.29) is 6.17 Å². The molecular formula is C12H16N2O. The molecule has 1 saturated heterocycles. The summed E-state index contributed by atoms with van der Waals surface area (Å²) in [6, 6.07) is 6.92. The van der Waals surface area contributed by atoms with Gasteiger partial charge in [0.1, 0.15) is 5.75 Å². The topological polar surface area (TPSA) is 38.5 Å². The average molecular weight is 204 g/mol. The minimum Gasteiger partial charge on any atom is -0.497 e. The number of methoxy groups -OCH3 is 1. The largest absolute Gasteiger partial charge is 0.497 e. The van der Waals surface area contributed by atoms with E-state index in [0.717, 1.165) is 18.6 Å². The van der Waals surface area contributed by atoms with E-state index in [9.17, 15) is 0 Å². The fourth-order valence-electron chi connectivity index (χ4n) is 2.85. The fraction of sp³-hybridized carbons (Fsp3) is 0.500. The number of rotatable bonds is 1. The van der Waals surface area contributed by atoms with E-state index in [1.54, 1.807) is 7.11 Å². The van der Waals surface area contributed by atoms with Gasteiger partial charge in [0, 0.05) is 11.7 Å². The predicted octanol–water partition coefficient (Wildman–Crippen LogP) is 1.50. The van der Waals surface area contributed by atoms with Gasteiger partial charge in [0.15, 0.2) is 0 Å². The molecule has 2 aliphatic heterocycles. The van der Waals surface area contributed by atoms with Crippen LogP contribution in [-0.4, -0.2) is 19.3 Å². The Morgan fingerprint density at radius 2 is 2.27 bits per heavy atom. The summed E-state index contributed by atoms with van der Waals surface area (Å²) in [6.45, 7) is 0. The van der Waals surface area contributed by atoms with Crippen LogP contribution in [0.1, 0.15) is 18.4 Å². The molecule has 3 rings (SSSR count). The lowest BCUT2D eigenvalue weighted by Crippen LogP contribution is -2.38. The highest BCUT2D eigenvalue weighted by Gasteiger charge is 2.37. The van der Waals surface area contributed by atoms with Gasteiger partial charge < -0.3 is 15.4 Å². The normalized spacial score (nSPS) is 27.7. The van der Waals surface area contributed by atoms with Crippen LogP contribution in [0.25, 0.3) is 0 Å². The number of nitrogens with zero attached hydrogens (tertiary/aromatic N) is 1. The fourth-order valence-corrected chi connectivity index (χ4v) is 2.85. The third kappa shape index (κ3) is 1.23. The van der Waals surface area contributed by atoms with Crippen molar-refractivity contribution < 1.29 is 4.74 Å². The maximum Gasteiger partial charge on any atom is 0.119 e. The first-order valence-electron chi connectivity index (χ1n) is 5.50. The molecule has 1 aromatic carbocycles. The van der Waals surface area contributed by atoms with Gasteiger partial charge in [0.25, 0.3) is 0 Å². The van der Waals surface area contributed by atoms with Crippen molar-refractivity contribution in [2.75, 3.05) is 12.0 Å². The molecule has 1 aromatic rings. The van der Waals surface area contributed by atoms with Crippen LogP contribution in [0.2, 0.25) is 0 Å². The van der Waals surface area contributed by atoms with Crippen LogP contribution in [0, 0.1) is 0 Å². The lowest BCUT2D eigenvalue weighted by molar-refractivity contribution is 0.414. The zero-order valence-electron chi connectivity index (χ0n) is 8.94. The van der Waals surface area contributed by atoms with Gasteiger partial charge >= 0.3 is 0 Å². The second-order valence-corrected chi connectivity index (χ2v) is 4.40. The Morgan fingerprint density at radius 1 is 1.40 bits per heavy atom. The van der Waals surface area contributed by atoms with Gasteiger partial charge in [-0.05, 0) is 43.0 Å². The van der Waals surface area contributed by atoms with Crippen LogP contribution in [0.3, 0.4) is 0 Å². The molecule has 2 atom stereocenters. The van der Waals surface area contributed by atoms with Crippen LogP contribution in [-0.2, 0) is 6.42 Å². The highest BCUT2D eigenvalue weighted by molar-refractivity contribution is 5.63. The van der Waals surface area contributed by atoms with Gasteiger partial charge in [-0.3, -0.25) is 0 Å². The van der Waals surface area contributed by atoms with Crippen LogP contribution >= 0.6 is 0 Å². The highest BCUT2D eigenvalue weighted by Crippen LogP contribution is 2.40. The zero-order valence-corrected chi connectivity index (χ0v) is 8.94. The van der Waals surface area contributed by atoms with Gasteiger partial charge in [-0.2, -0.15) is 0 Å². The molecular weight excluding hydrogens is 188 g/mol. The molecule has 0 aliphatic carbocycles. The molecule has 0 amide bonds. The van der Waals surface area contributed by atoms with Gasteiger partial charge in [0.2, 0.25) is 0 Å². The number of anilines is 1. The van der Waals surface area contributed by atoms with E-state index < -0.39 is 0 Å². The zero-order chi connectivity index (χ0) is 10.4. The molecule has 2 heterocycles. The third-order valence-electron chi connectivity index (χ3n) is 3.57. The molecule has 2 N–H and O–H groups in total. The van der Waals surface area contributed by atoms with Crippen molar-refractivity contribution in [2.24, 2.45) is 5.73 Å². The van der Waals surface area contributed by atoms with Crippen molar-refractivity contribution in [1.82, 2.24) is 0 Å². The average Bonchev–Trinajstić information content (AvgIpc) is 2.77. The van der Waals surface area contributed by atoms with E-state index in [2.05, 4.69) is 17.0 Å². The summed E-state index contributed by atoms with van der Waals surface area (Å²) in [6.07, 6.45) is 3.68. The molecule has 0 saturated carbocycles. The second kappa shape index (κ2) is 3.14. The first-order valence-corrected chi connectivity index (χ1v) is 5.50. The van der Waals surface area contributed by atoms with Crippen molar-refractivity contribution in [3.8, 4) is 5.75 Å². The lowest BCUT2D eigenvalue weighted by Gasteiger charge is -2.24. The first kappa shape index (κ1) is 9.04. The van der Waals surface area contributed by atoms with Gasteiger partial charge in [-0.25, -0.2) is 0 Å². The summed E-state index contributed by atoms with van der Waals surface area (Å²) in [4.78, 5) is 2.37. The molecule has 2 aliphatic rings. The Hall–Kier alpha value is -1.22. The molecule has 0 bridgehead atoms. The Labute approximate surface area is 89.8 Å².